The van der Waals surface area contributed by atoms with Gasteiger partial charge in [0.2, 0.25) is 5.82 Å². The first kappa shape index (κ1) is 31.1. The van der Waals surface area contributed by atoms with E-state index in [4.69, 9.17) is 14.0 Å². The van der Waals surface area contributed by atoms with E-state index in [2.05, 4.69) is 42.7 Å². The Labute approximate surface area is 237 Å². The molecule has 1 fully saturated rings. The van der Waals surface area contributed by atoms with E-state index in [1.165, 1.54) is 0 Å². The standard InChI is InChI=1S/C26H31N3O6.C5H12/c1-17(2)34-22-9-8-20(14-21(22)30)24-27-23(28-35-24)19-6-4-18(5-7-19)15-29-12-10-26(11-13-29,16-33-3)25(31)32;1-5(2,3)4/h4-9,14,17,30H,10-13,15-16H2,1-3H3,(H,31,32);1-4H3. The van der Waals surface area contributed by atoms with Gasteiger partial charge in [0.15, 0.2) is 11.5 Å². The van der Waals surface area contributed by atoms with E-state index in [1.54, 1.807) is 25.3 Å². The number of hydrogen-bond donors (Lipinski definition) is 2. The highest BCUT2D eigenvalue weighted by Gasteiger charge is 2.41. The van der Waals surface area contributed by atoms with Crippen LogP contribution in [-0.4, -0.2) is 64.1 Å². The Balaban J connectivity index is 0.000000810. The second-order valence-electron chi connectivity index (χ2n) is 12.3. The van der Waals surface area contributed by atoms with Crippen molar-refractivity contribution in [1.82, 2.24) is 15.0 Å². The van der Waals surface area contributed by atoms with Crippen LogP contribution in [-0.2, 0) is 16.1 Å². The van der Waals surface area contributed by atoms with Crippen LogP contribution in [0.1, 0.15) is 59.9 Å². The zero-order valence-electron chi connectivity index (χ0n) is 24.7. The Kier molecular flexibility index (Phi) is 10.3. The minimum Gasteiger partial charge on any atom is -0.504 e. The van der Waals surface area contributed by atoms with Gasteiger partial charge in [0.05, 0.1) is 18.1 Å². The van der Waals surface area contributed by atoms with Crippen molar-refractivity contribution in [1.29, 1.82) is 0 Å². The number of phenols is 1. The van der Waals surface area contributed by atoms with E-state index >= 15 is 0 Å². The lowest BCUT2D eigenvalue weighted by Gasteiger charge is -2.38. The summed E-state index contributed by atoms with van der Waals surface area (Å²) < 4.78 is 16.1. The lowest BCUT2D eigenvalue weighted by molar-refractivity contribution is -0.156. The molecule has 0 aliphatic carbocycles. The molecule has 3 aromatic rings. The number of carboxylic acid groups (broad SMARTS) is 1. The molecule has 0 bridgehead atoms. The summed E-state index contributed by atoms with van der Waals surface area (Å²) >= 11 is 0. The minimum absolute atomic E-state index is 0.0147. The fourth-order valence-corrected chi connectivity index (χ4v) is 4.31. The number of rotatable bonds is 9. The first-order valence-electron chi connectivity index (χ1n) is 13.7. The molecule has 2 heterocycles. The number of aliphatic carboxylic acids is 1. The van der Waals surface area contributed by atoms with Crippen LogP contribution in [0.3, 0.4) is 0 Å². The summed E-state index contributed by atoms with van der Waals surface area (Å²) in [5, 5.41) is 23.9. The first-order valence-corrected chi connectivity index (χ1v) is 13.7. The van der Waals surface area contributed by atoms with Gasteiger partial charge in [-0.05, 0) is 69.0 Å². The zero-order valence-corrected chi connectivity index (χ0v) is 24.7. The largest absolute Gasteiger partial charge is 0.504 e. The maximum absolute atomic E-state index is 11.7. The van der Waals surface area contributed by atoms with Crippen molar-refractivity contribution in [2.45, 2.75) is 67.0 Å². The molecule has 0 radical (unpaired) electrons. The summed E-state index contributed by atoms with van der Waals surface area (Å²) in [4.78, 5) is 18.5. The van der Waals surface area contributed by atoms with Gasteiger partial charge in [0, 0.05) is 24.8 Å². The average molecular weight is 554 g/mol. The highest BCUT2D eigenvalue weighted by Crippen LogP contribution is 2.34. The quantitative estimate of drug-likeness (QED) is 0.316. The van der Waals surface area contributed by atoms with Crippen molar-refractivity contribution in [3.63, 3.8) is 0 Å². The molecule has 9 nitrogen and oxygen atoms in total. The summed E-state index contributed by atoms with van der Waals surface area (Å²) in [6.07, 6.45) is 1.09. The van der Waals surface area contributed by atoms with Gasteiger partial charge in [0.1, 0.15) is 0 Å². The van der Waals surface area contributed by atoms with Crippen LogP contribution < -0.4 is 4.74 Å². The highest BCUT2D eigenvalue weighted by atomic mass is 16.5. The number of ether oxygens (including phenoxy) is 2. The molecule has 0 spiro atoms. The summed E-state index contributed by atoms with van der Waals surface area (Å²) in [7, 11) is 1.55. The van der Waals surface area contributed by atoms with Crippen LogP contribution in [0.15, 0.2) is 47.0 Å². The number of likely N-dealkylation sites (tertiary alicyclic amines) is 1. The number of aromatic hydroxyl groups is 1. The van der Waals surface area contributed by atoms with E-state index in [1.807, 2.05) is 38.1 Å². The second-order valence-corrected chi connectivity index (χ2v) is 12.3. The molecule has 2 N–H and O–H groups in total. The van der Waals surface area contributed by atoms with Gasteiger partial charge in [0.25, 0.3) is 5.89 Å². The third-order valence-electron chi connectivity index (χ3n) is 6.30. The molecule has 1 aliphatic rings. The molecule has 1 aliphatic heterocycles. The van der Waals surface area contributed by atoms with Gasteiger partial charge in [-0.25, -0.2) is 0 Å². The molecule has 2 aromatic carbocycles. The Bertz CT molecular complexity index is 1230. The van der Waals surface area contributed by atoms with Crippen molar-refractivity contribution in [2.75, 3.05) is 26.8 Å². The topological polar surface area (TPSA) is 118 Å². The summed E-state index contributed by atoms with van der Waals surface area (Å²) in [6, 6.07) is 12.9. The number of phenolic OH excluding ortho intramolecular Hbond substituents is 1. The lowest BCUT2D eigenvalue weighted by Crippen LogP contribution is -2.46. The number of hydrogen-bond acceptors (Lipinski definition) is 8. The van der Waals surface area contributed by atoms with E-state index in [0.717, 1.165) is 17.7 Å². The van der Waals surface area contributed by atoms with Crippen LogP contribution in [0, 0.1) is 10.8 Å². The van der Waals surface area contributed by atoms with Gasteiger partial charge < -0.3 is 24.2 Å². The van der Waals surface area contributed by atoms with Crippen LogP contribution in [0.25, 0.3) is 22.8 Å². The Morgan fingerprint density at radius 1 is 1.07 bits per heavy atom. The van der Waals surface area contributed by atoms with Gasteiger partial charge >= 0.3 is 5.97 Å². The molecule has 1 saturated heterocycles. The lowest BCUT2D eigenvalue weighted by atomic mass is 9.79. The second kappa shape index (κ2) is 13.3. The molecule has 40 heavy (non-hydrogen) atoms. The van der Waals surface area contributed by atoms with Crippen molar-refractivity contribution in [3.8, 4) is 34.3 Å². The summed E-state index contributed by atoms with van der Waals surface area (Å²) in [5.74, 6) is 0.401. The SMILES string of the molecule is CC(C)(C)C.COCC1(C(=O)O)CCN(Cc2ccc(-c3noc(-c4ccc(OC(C)C)c(O)c4)n3)cc2)CC1. The van der Waals surface area contributed by atoms with Crippen LogP contribution in [0.2, 0.25) is 0 Å². The van der Waals surface area contributed by atoms with Crippen LogP contribution >= 0.6 is 0 Å². The number of methoxy groups -OCH3 is 1. The maximum Gasteiger partial charge on any atom is 0.312 e. The van der Waals surface area contributed by atoms with Crippen LogP contribution in [0.4, 0.5) is 0 Å². The van der Waals surface area contributed by atoms with Gasteiger partial charge in [-0.15, -0.1) is 0 Å². The van der Waals surface area contributed by atoms with E-state index in [-0.39, 0.29) is 18.5 Å². The monoisotopic (exact) mass is 553 g/mol. The molecule has 0 saturated carbocycles. The number of benzene rings is 2. The molecule has 0 unspecified atom stereocenters. The molecular formula is C31H43N3O6. The Morgan fingerprint density at radius 2 is 1.68 bits per heavy atom. The van der Waals surface area contributed by atoms with Gasteiger partial charge in [-0.1, -0.05) is 57.1 Å². The molecule has 1 aromatic heterocycles. The minimum atomic E-state index is -0.788. The van der Waals surface area contributed by atoms with E-state index < -0.39 is 11.4 Å². The number of nitrogens with zero attached hydrogens (tertiary/aromatic N) is 3. The van der Waals surface area contributed by atoms with Crippen molar-refractivity contribution >= 4 is 5.97 Å². The van der Waals surface area contributed by atoms with Crippen molar-refractivity contribution in [2.24, 2.45) is 10.8 Å². The Morgan fingerprint density at radius 3 is 2.20 bits per heavy atom. The average Bonchev–Trinajstić information content (AvgIpc) is 3.36. The van der Waals surface area contributed by atoms with E-state index in [0.29, 0.717) is 54.4 Å². The highest BCUT2D eigenvalue weighted by molar-refractivity contribution is 5.75. The predicted octanol–water partition coefficient (Wildman–Crippen LogP) is 6.26. The number of piperidine rings is 1. The zero-order chi connectivity index (χ0) is 29.5. The molecule has 218 valence electrons. The molecular weight excluding hydrogens is 510 g/mol. The third-order valence-corrected chi connectivity index (χ3v) is 6.30. The maximum atomic E-state index is 11.7. The number of aromatic nitrogens is 2. The normalized spacial score (nSPS) is 15.4. The van der Waals surface area contributed by atoms with Crippen LogP contribution in [0.5, 0.6) is 11.5 Å². The third kappa shape index (κ3) is 8.79. The van der Waals surface area contributed by atoms with Crippen molar-refractivity contribution < 1.29 is 29.0 Å². The number of carbonyl (C=O) groups is 1. The summed E-state index contributed by atoms with van der Waals surface area (Å²) in [5.41, 5.74) is 2.25. The molecule has 4 rings (SSSR count). The molecule has 9 heteroatoms. The Hall–Kier alpha value is -3.43. The van der Waals surface area contributed by atoms with E-state index in [9.17, 15) is 15.0 Å². The molecule has 0 atom stereocenters. The van der Waals surface area contributed by atoms with Gasteiger partial charge in [-0.3, -0.25) is 9.69 Å². The fourth-order valence-electron chi connectivity index (χ4n) is 4.31. The van der Waals surface area contributed by atoms with Crippen molar-refractivity contribution in [3.05, 3.63) is 48.0 Å². The summed E-state index contributed by atoms with van der Waals surface area (Å²) in [6.45, 7) is 14.9. The predicted molar refractivity (Wildman–Crippen MR) is 154 cm³/mol. The smallest absolute Gasteiger partial charge is 0.312 e. The first-order chi connectivity index (χ1) is 18.8. The van der Waals surface area contributed by atoms with Gasteiger partial charge in [-0.2, -0.15) is 4.98 Å². The fraction of sp³-hybridized carbons (Fsp3) is 0.516. The molecule has 0 amide bonds. The number of carboxylic acids is 1.